The highest BCUT2D eigenvalue weighted by Crippen LogP contribution is 2.56. The highest BCUT2D eigenvalue weighted by molar-refractivity contribution is 5.88. The van der Waals surface area contributed by atoms with Crippen LogP contribution in [0.2, 0.25) is 0 Å². The Morgan fingerprint density at radius 1 is 0.275 bits per heavy atom. The molecule has 0 saturated carbocycles. The van der Waals surface area contributed by atoms with E-state index in [4.69, 9.17) is 0 Å². The molecule has 0 radical (unpaired) electrons. The lowest BCUT2D eigenvalue weighted by atomic mass is 9.75. The second kappa shape index (κ2) is 17.6. The molecule has 0 bridgehead atoms. The number of allylic oxidation sites excluding steroid dienone is 2. The highest BCUT2D eigenvalue weighted by atomic mass is 15.1. The van der Waals surface area contributed by atoms with Gasteiger partial charge < -0.3 is 9.80 Å². The Balaban J connectivity index is 0.818. The molecule has 2 nitrogen and oxygen atoms in total. The molecule has 0 fully saturated rings. The van der Waals surface area contributed by atoms with Crippen LogP contribution in [0.15, 0.2) is 260 Å². The fraction of sp³-hybridized carbons (Fsp3) is 0.0746. The van der Waals surface area contributed by atoms with Gasteiger partial charge >= 0.3 is 0 Å². The molecule has 2 aliphatic rings. The summed E-state index contributed by atoms with van der Waals surface area (Å²) >= 11 is 0. The van der Waals surface area contributed by atoms with Crippen LogP contribution in [0.5, 0.6) is 0 Å². The molecule has 0 N–H and O–H groups in total. The highest BCUT2D eigenvalue weighted by Gasteiger charge is 2.41. The number of hydrogen-bond donors (Lipinski definition) is 0. The number of rotatable bonds is 11. The zero-order valence-electron chi connectivity index (χ0n) is 39.1. The topological polar surface area (TPSA) is 6.48 Å². The maximum absolute atomic E-state index is 2.45. The van der Waals surface area contributed by atoms with Crippen LogP contribution in [0.4, 0.5) is 34.1 Å². The van der Waals surface area contributed by atoms with Gasteiger partial charge in [-0.15, -0.1) is 0 Å². The van der Waals surface area contributed by atoms with Gasteiger partial charge in [-0.25, -0.2) is 0 Å². The first-order valence-corrected chi connectivity index (χ1v) is 24.2. The van der Waals surface area contributed by atoms with Crippen LogP contribution in [0.1, 0.15) is 37.8 Å². The molecule has 330 valence electrons. The van der Waals surface area contributed by atoms with Crippen LogP contribution in [0.3, 0.4) is 0 Å². The van der Waals surface area contributed by atoms with Crippen LogP contribution < -0.4 is 9.80 Å². The zero-order chi connectivity index (χ0) is 46.3. The Hall–Kier alpha value is -8.46. The van der Waals surface area contributed by atoms with E-state index in [1.165, 1.54) is 85.3 Å². The summed E-state index contributed by atoms with van der Waals surface area (Å²) in [6.45, 7) is 4.80. The molecule has 0 heterocycles. The lowest BCUT2D eigenvalue weighted by Gasteiger charge is -2.30. The van der Waals surface area contributed by atoms with Gasteiger partial charge in [-0.05, 0) is 158 Å². The zero-order valence-corrected chi connectivity index (χ0v) is 39.1. The molecule has 12 rings (SSSR count). The third kappa shape index (κ3) is 7.94. The summed E-state index contributed by atoms with van der Waals surface area (Å²) in [5, 5.41) is 0. The Bertz CT molecular complexity index is 3340. The normalized spacial score (nSPS) is 13.3. The minimum Gasteiger partial charge on any atom is -0.311 e. The van der Waals surface area contributed by atoms with E-state index in [-0.39, 0.29) is 5.41 Å². The van der Waals surface area contributed by atoms with Crippen molar-refractivity contribution >= 4 is 39.7 Å². The monoisotopic (exact) mass is 884 g/mol. The van der Waals surface area contributed by atoms with Crippen LogP contribution in [0.25, 0.3) is 61.2 Å². The fourth-order valence-corrected chi connectivity index (χ4v) is 10.6. The number of benzene rings is 10. The maximum atomic E-state index is 2.45. The van der Waals surface area contributed by atoms with E-state index in [1.54, 1.807) is 11.1 Å². The minimum atomic E-state index is 0.0615. The molecule has 2 heteroatoms. The lowest BCUT2D eigenvalue weighted by Crippen LogP contribution is -2.20. The molecule has 10 aromatic carbocycles. The summed E-state index contributed by atoms with van der Waals surface area (Å²) < 4.78 is 0. The van der Waals surface area contributed by atoms with Crippen LogP contribution >= 0.6 is 0 Å². The largest absolute Gasteiger partial charge is 0.311 e. The van der Waals surface area contributed by atoms with Gasteiger partial charge in [-0.3, -0.25) is 0 Å². The van der Waals surface area contributed by atoms with Gasteiger partial charge in [0, 0.05) is 39.5 Å². The molecule has 0 unspecified atom stereocenters. The van der Waals surface area contributed by atoms with Crippen molar-refractivity contribution in [3.8, 4) is 55.6 Å². The van der Waals surface area contributed by atoms with Crippen molar-refractivity contribution in [2.45, 2.75) is 32.1 Å². The SMILES string of the molecule is CC1(C)C2=C(CC2)c2ccc(N(c3ccc(-c4ccccc4)cc3)c3ccc(-c4ccc(-c5ccc(N(c6ccc(-c7ccccc7)cc6)c6ccc(-c7ccccc7)cc6)cc5)cc4)cc3)cc21. The summed E-state index contributed by atoms with van der Waals surface area (Å²) in [6, 6.07) is 92.7. The first-order chi connectivity index (χ1) is 33.9. The Labute approximate surface area is 406 Å². The molecule has 0 aromatic heterocycles. The molecule has 2 aliphatic carbocycles. The molecule has 69 heavy (non-hydrogen) atoms. The van der Waals surface area contributed by atoms with Gasteiger partial charge in [-0.1, -0.05) is 201 Å². The molecule has 0 aliphatic heterocycles. The van der Waals surface area contributed by atoms with Crippen molar-refractivity contribution in [1.29, 1.82) is 0 Å². The Kier molecular flexibility index (Phi) is 10.7. The maximum Gasteiger partial charge on any atom is 0.0465 e. The molecule has 0 atom stereocenters. The van der Waals surface area contributed by atoms with Crippen LogP contribution in [-0.4, -0.2) is 0 Å². The molecule has 0 saturated heterocycles. The van der Waals surface area contributed by atoms with Crippen LogP contribution in [0, 0.1) is 0 Å². The molecular formula is C67H52N2. The molecule has 10 aromatic rings. The molecule has 0 spiro atoms. The van der Waals surface area contributed by atoms with Crippen molar-refractivity contribution in [2.75, 3.05) is 9.80 Å². The summed E-state index contributed by atoms with van der Waals surface area (Å²) in [5.74, 6) is 0. The molecular weight excluding hydrogens is 833 g/mol. The predicted octanol–water partition coefficient (Wildman–Crippen LogP) is 18.8. The van der Waals surface area contributed by atoms with E-state index < -0.39 is 0 Å². The standard InChI is InChI=1S/C67H52N2/c1-67(2)65-45-44-63(65)64-43-42-62(46-66(64)67)69(60-38-26-54(27-39-60)49-16-10-5-11-17-49)61-40-30-56(31-41-61)51-20-18-50(19-21-51)55-28-36-59(37-29-55)68(57-32-22-52(23-33-57)47-12-6-3-7-13-47)58-34-24-53(25-35-58)48-14-8-4-9-15-48/h3-43,46H,44-45H2,1-2H3. The average Bonchev–Trinajstić information content (AvgIpc) is 3.56. The van der Waals surface area contributed by atoms with Crippen molar-refractivity contribution in [3.63, 3.8) is 0 Å². The number of nitrogens with zero attached hydrogens (tertiary/aromatic N) is 2. The first-order valence-electron chi connectivity index (χ1n) is 24.2. The van der Waals surface area contributed by atoms with Gasteiger partial charge in [0.2, 0.25) is 0 Å². The summed E-state index contributed by atoms with van der Waals surface area (Å²) in [4.78, 5) is 4.76. The average molecular weight is 885 g/mol. The predicted molar refractivity (Wildman–Crippen MR) is 292 cm³/mol. The third-order valence-electron chi connectivity index (χ3n) is 14.5. The van der Waals surface area contributed by atoms with Gasteiger partial charge in [0.1, 0.15) is 0 Å². The van der Waals surface area contributed by atoms with Crippen molar-refractivity contribution in [1.82, 2.24) is 0 Å². The van der Waals surface area contributed by atoms with E-state index in [0.717, 1.165) is 28.4 Å². The lowest BCUT2D eigenvalue weighted by molar-refractivity contribution is 0.594. The summed E-state index contributed by atoms with van der Waals surface area (Å²) in [6.07, 6.45) is 2.40. The van der Waals surface area contributed by atoms with E-state index in [1.807, 2.05) is 0 Å². The Morgan fingerprint density at radius 3 is 0.826 bits per heavy atom. The van der Waals surface area contributed by atoms with Gasteiger partial charge in [-0.2, -0.15) is 0 Å². The summed E-state index contributed by atoms with van der Waals surface area (Å²) in [7, 11) is 0. The quantitative estimate of drug-likeness (QED) is 0.128. The van der Waals surface area contributed by atoms with E-state index >= 15 is 0 Å². The van der Waals surface area contributed by atoms with E-state index in [0.29, 0.717) is 0 Å². The molecule has 0 amide bonds. The smallest absolute Gasteiger partial charge is 0.0465 e. The first kappa shape index (κ1) is 41.9. The van der Waals surface area contributed by atoms with Crippen LogP contribution in [-0.2, 0) is 5.41 Å². The fourth-order valence-electron chi connectivity index (χ4n) is 10.6. The van der Waals surface area contributed by atoms with Crippen molar-refractivity contribution < 1.29 is 0 Å². The van der Waals surface area contributed by atoms with E-state index in [9.17, 15) is 0 Å². The Morgan fingerprint density at radius 2 is 0.536 bits per heavy atom. The number of hydrogen-bond acceptors (Lipinski definition) is 2. The van der Waals surface area contributed by atoms with Gasteiger partial charge in [0.25, 0.3) is 0 Å². The second-order valence-corrected chi connectivity index (χ2v) is 18.9. The van der Waals surface area contributed by atoms with Gasteiger partial charge in [0.05, 0.1) is 0 Å². The van der Waals surface area contributed by atoms with E-state index in [2.05, 4.69) is 278 Å². The third-order valence-corrected chi connectivity index (χ3v) is 14.5. The van der Waals surface area contributed by atoms with Gasteiger partial charge in [0.15, 0.2) is 0 Å². The number of fused-ring (bicyclic) bond motifs is 2. The van der Waals surface area contributed by atoms with Crippen molar-refractivity contribution in [2.24, 2.45) is 0 Å². The minimum absolute atomic E-state index is 0.0615. The summed E-state index contributed by atoms with van der Waals surface area (Å²) in [5.41, 5.74) is 24.9. The second-order valence-electron chi connectivity index (χ2n) is 18.9. The number of anilines is 6. The van der Waals surface area contributed by atoms with Crippen molar-refractivity contribution in [3.05, 3.63) is 271 Å².